The Morgan fingerprint density at radius 2 is 2.19 bits per heavy atom. The number of carboxylic acid groups (broad SMARTS) is 1. The van der Waals surface area contributed by atoms with Gasteiger partial charge in [-0.15, -0.1) is 0 Å². The van der Waals surface area contributed by atoms with E-state index in [0.717, 1.165) is 19.8 Å². The quantitative estimate of drug-likeness (QED) is 0.814. The minimum absolute atomic E-state index is 0.131. The van der Waals surface area contributed by atoms with Crippen LogP contribution in [0.5, 0.6) is 0 Å². The highest BCUT2D eigenvalue weighted by atomic mass is 16.5. The number of hydrogen-bond acceptors (Lipinski definition) is 3. The summed E-state index contributed by atoms with van der Waals surface area (Å²) in [5.74, 6) is -0.905. The molecule has 0 aliphatic carbocycles. The molecule has 0 saturated carbocycles. The fourth-order valence-electron chi connectivity index (χ4n) is 1.68. The van der Waals surface area contributed by atoms with Crippen molar-refractivity contribution in [1.82, 2.24) is 0 Å². The molecule has 4 heteroatoms. The largest absolute Gasteiger partial charge is 0.478 e. The summed E-state index contributed by atoms with van der Waals surface area (Å²) in [6.45, 7) is 4.31. The van der Waals surface area contributed by atoms with Gasteiger partial charge in [-0.2, -0.15) is 0 Å². The highest BCUT2D eigenvalue weighted by molar-refractivity contribution is 5.94. The van der Waals surface area contributed by atoms with Crippen LogP contribution in [0.3, 0.4) is 0 Å². The van der Waals surface area contributed by atoms with Crippen LogP contribution in [0.1, 0.15) is 17.3 Å². The maximum atomic E-state index is 11.0. The molecule has 86 valence electrons. The van der Waals surface area contributed by atoms with Gasteiger partial charge in [0.15, 0.2) is 0 Å². The topological polar surface area (TPSA) is 58.6 Å². The molecule has 0 amide bonds. The van der Waals surface area contributed by atoms with Gasteiger partial charge in [0.25, 0.3) is 0 Å². The molecule has 1 heterocycles. The van der Waals surface area contributed by atoms with Crippen molar-refractivity contribution in [2.45, 2.75) is 6.92 Å². The van der Waals surface area contributed by atoms with Gasteiger partial charge >= 0.3 is 5.97 Å². The summed E-state index contributed by atoms with van der Waals surface area (Å²) in [6.07, 6.45) is 0. The molecule has 1 saturated heterocycles. The number of carbonyl (C=O) groups is 1. The molecule has 1 aromatic carbocycles. The molecule has 1 aliphatic rings. The van der Waals surface area contributed by atoms with E-state index in [1.54, 1.807) is 18.2 Å². The fourth-order valence-corrected chi connectivity index (χ4v) is 1.68. The van der Waals surface area contributed by atoms with Crippen molar-refractivity contribution in [2.75, 3.05) is 25.1 Å². The van der Waals surface area contributed by atoms with E-state index < -0.39 is 5.97 Å². The Bertz CT molecular complexity index is 399. The van der Waals surface area contributed by atoms with Crippen molar-refractivity contribution in [2.24, 2.45) is 5.41 Å². The number of rotatable bonds is 4. The van der Waals surface area contributed by atoms with Crippen LogP contribution >= 0.6 is 0 Å². The molecule has 1 aromatic rings. The van der Waals surface area contributed by atoms with Crippen LogP contribution in [0.2, 0.25) is 0 Å². The van der Waals surface area contributed by atoms with Gasteiger partial charge in [0.1, 0.15) is 0 Å². The molecule has 1 aliphatic heterocycles. The van der Waals surface area contributed by atoms with E-state index in [1.807, 2.05) is 6.07 Å². The van der Waals surface area contributed by atoms with Crippen molar-refractivity contribution in [1.29, 1.82) is 0 Å². The lowest BCUT2D eigenvalue weighted by atomic mass is 9.88. The summed E-state index contributed by atoms with van der Waals surface area (Å²) in [5, 5.41) is 12.2. The number of para-hydroxylation sites is 1. The standard InChI is InChI=1S/C12H15NO3/c1-12(7-16-8-12)6-13-10-5-3-2-4-9(10)11(14)15/h2-5,13H,6-8H2,1H3,(H,14,15). The van der Waals surface area contributed by atoms with Gasteiger partial charge in [0.2, 0.25) is 0 Å². The number of nitrogens with one attached hydrogen (secondary N) is 1. The Kier molecular flexibility index (Phi) is 2.83. The average molecular weight is 221 g/mol. The Morgan fingerprint density at radius 3 is 2.75 bits per heavy atom. The van der Waals surface area contributed by atoms with Crippen LogP contribution in [-0.2, 0) is 4.74 Å². The van der Waals surface area contributed by atoms with Gasteiger partial charge in [-0.1, -0.05) is 19.1 Å². The van der Waals surface area contributed by atoms with Crippen LogP contribution < -0.4 is 5.32 Å². The average Bonchev–Trinajstić information content (AvgIpc) is 2.24. The third kappa shape index (κ3) is 2.17. The maximum absolute atomic E-state index is 11.0. The van der Waals surface area contributed by atoms with Gasteiger partial charge in [-0.05, 0) is 12.1 Å². The fraction of sp³-hybridized carbons (Fsp3) is 0.417. The molecular formula is C12H15NO3. The summed E-state index contributed by atoms with van der Waals surface area (Å²) in [5.41, 5.74) is 1.11. The van der Waals surface area contributed by atoms with Crippen molar-refractivity contribution in [3.63, 3.8) is 0 Å². The molecule has 4 nitrogen and oxygen atoms in total. The summed E-state index contributed by atoms with van der Waals surface area (Å²) in [6, 6.07) is 6.94. The number of anilines is 1. The second-order valence-corrected chi connectivity index (χ2v) is 4.51. The van der Waals surface area contributed by atoms with E-state index in [4.69, 9.17) is 9.84 Å². The highest BCUT2D eigenvalue weighted by Crippen LogP contribution is 2.27. The minimum atomic E-state index is -0.905. The number of ether oxygens (including phenoxy) is 1. The minimum Gasteiger partial charge on any atom is -0.478 e. The first-order chi connectivity index (χ1) is 7.61. The third-order valence-corrected chi connectivity index (χ3v) is 2.76. The predicted molar refractivity (Wildman–Crippen MR) is 60.8 cm³/mol. The molecule has 0 aromatic heterocycles. The lowest BCUT2D eigenvalue weighted by Gasteiger charge is -2.38. The Labute approximate surface area is 94.2 Å². The van der Waals surface area contributed by atoms with E-state index in [2.05, 4.69) is 12.2 Å². The number of hydrogen-bond donors (Lipinski definition) is 2. The molecule has 0 radical (unpaired) electrons. The van der Waals surface area contributed by atoms with Gasteiger partial charge < -0.3 is 15.2 Å². The van der Waals surface area contributed by atoms with Crippen molar-refractivity contribution >= 4 is 11.7 Å². The molecular weight excluding hydrogens is 206 g/mol. The molecule has 0 unspecified atom stereocenters. The first-order valence-electron chi connectivity index (χ1n) is 5.25. The zero-order chi connectivity index (χ0) is 11.6. The molecule has 0 spiro atoms. The molecule has 16 heavy (non-hydrogen) atoms. The number of carboxylic acids is 1. The van der Waals surface area contributed by atoms with E-state index in [0.29, 0.717) is 11.3 Å². The summed E-state index contributed by atoms with van der Waals surface area (Å²) >= 11 is 0. The highest BCUT2D eigenvalue weighted by Gasteiger charge is 2.33. The third-order valence-electron chi connectivity index (χ3n) is 2.76. The van der Waals surface area contributed by atoms with Gasteiger partial charge in [0.05, 0.1) is 18.8 Å². The first kappa shape index (κ1) is 11.0. The Balaban J connectivity index is 2.06. The predicted octanol–water partition coefficient (Wildman–Crippen LogP) is 1.83. The second-order valence-electron chi connectivity index (χ2n) is 4.51. The second kappa shape index (κ2) is 4.14. The number of benzene rings is 1. The van der Waals surface area contributed by atoms with Crippen molar-refractivity contribution in [3.8, 4) is 0 Å². The van der Waals surface area contributed by atoms with Crippen molar-refractivity contribution in [3.05, 3.63) is 29.8 Å². The first-order valence-corrected chi connectivity index (χ1v) is 5.25. The van der Waals surface area contributed by atoms with E-state index in [-0.39, 0.29) is 5.41 Å². The zero-order valence-electron chi connectivity index (χ0n) is 9.19. The number of aromatic carboxylic acids is 1. The Hall–Kier alpha value is -1.55. The smallest absolute Gasteiger partial charge is 0.337 e. The van der Waals surface area contributed by atoms with Crippen LogP contribution in [0, 0.1) is 5.41 Å². The molecule has 1 fully saturated rings. The van der Waals surface area contributed by atoms with Gasteiger partial charge in [0, 0.05) is 17.6 Å². The van der Waals surface area contributed by atoms with Crippen LogP contribution in [0.15, 0.2) is 24.3 Å². The van der Waals surface area contributed by atoms with Crippen LogP contribution in [0.25, 0.3) is 0 Å². The van der Waals surface area contributed by atoms with Gasteiger partial charge in [-0.25, -0.2) is 4.79 Å². The summed E-state index contributed by atoms with van der Waals surface area (Å²) < 4.78 is 5.15. The van der Waals surface area contributed by atoms with Crippen LogP contribution in [0.4, 0.5) is 5.69 Å². The van der Waals surface area contributed by atoms with Gasteiger partial charge in [-0.3, -0.25) is 0 Å². The molecule has 2 rings (SSSR count). The van der Waals surface area contributed by atoms with Crippen LogP contribution in [-0.4, -0.2) is 30.8 Å². The summed E-state index contributed by atoms with van der Waals surface area (Å²) in [4.78, 5) is 11.0. The molecule has 0 bridgehead atoms. The van der Waals surface area contributed by atoms with E-state index >= 15 is 0 Å². The van der Waals surface area contributed by atoms with E-state index in [9.17, 15) is 4.79 Å². The lowest BCUT2D eigenvalue weighted by molar-refractivity contribution is -0.0924. The maximum Gasteiger partial charge on any atom is 0.337 e. The molecule has 0 atom stereocenters. The van der Waals surface area contributed by atoms with E-state index in [1.165, 1.54) is 0 Å². The normalized spacial score (nSPS) is 17.6. The van der Waals surface area contributed by atoms with Crippen molar-refractivity contribution < 1.29 is 14.6 Å². The molecule has 2 N–H and O–H groups in total. The summed E-state index contributed by atoms with van der Waals surface area (Å²) in [7, 11) is 0. The lowest BCUT2D eigenvalue weighted by Crippen LogP contribution is -2.45. The monoisotopic (exact) mass is 221 g/mol. The SMILES string of the molecule is CC1(CNc2ccccc2C(=O)O)COC1. The Morgan fingerprint density at radius 1 is 1.50 bits per heavy atom. The zero-order valence-corrected chi connectivity index (χ0v) is 9.19.